The standard InChI is InChI=1S/C14H23N3O.HI/c1-10(2)18-6-5-16-14(15)17-13-8-11(3)7-12(4)9-13;/h7-10H,5-6H2,1-4H3,(H3,15,16,17);1H. The van der Waals surface area contributed by atoms with Crippen molar-refractivity contribution in [1.29, 1.82) is 0 Å². The van der Waals surface area contributed by atoms with E-state index in [-0.39, 0.29) is 30.1 Å². The molecule has 5 heteroatoms. The first kappa shape index (κ1) is 18.2. The molecule has 0 atom stereocenters. The van der Waals surface area contributed by atoms with Gasteiger partial charge in [0.05, 0.1) is 19.3 Å². The van der Waals surface area contributed by atoms with Crippen LogP contribution in [0, 0.1) is 13.8 Å². The summed E-state index contributed by atoms with van der Waals surface area (Å²) in [6.07, 6.45) is 0.230. The van der Waals surface area contributed by atoms with E-state index in [1.807, 2.05) is 26.0 Å². The van der Waals surface area contributed by atoms with Gasteiger partial charge in [-0.05, 0) is 51.0 Å². The molecule has 1 rings (SSSR count). The molecule has 0 aliphatic carbocycles. The van der Waals surface area contributed by atoms with Crippen LogP contribution in [0.2, 0.25) is 0 Å². The van der Waals surface area contributed by atoms with Gasteiger partial charge in [-0.3, -0.25) is 4.99 Å². The number of guanidine groups is 1. The Morgan fingerprint density at radius 3 is 2.37 bits per heavy atom. The van der Waals surface area contributed by atoms with Crippen LogP contribution >= 0.6 is 24.0 Å². The van der Waals surface area contributed by atoms with Crippen LogP contribution in [0.1, 0.15) is 25.0 Å². The van der Waals surface area contributed by atoms with Crippen LogP contribution in [0.25, 0.3) is 0 Å². The van der Waals surface area contributed by atoms with Gasteiger partial charge in [0.15, 0.2) is 5.96 Å². The molecule has 1 aromatic carbocycles. The van der Waals surface area contributed by atoms with Crippen LogP contribution in [0.15, 0.2) is 23.2 Å². The third kappa shape index (κ3) is 8.05. The van der Waals surface area contributed by atoms with E-state index in [0.29, 0.717) is 19.1 Å². The zero-order valence-corrected chi connectivity index (χ0v) is 14.4. The van der Waals surface area contributed by atoms with E-state index in [1.54, 1.807) is 0 Å². The third-order valence-electron chi connectivity index (χ3n) is 2.32. The van der Waals surface area contributed by atoms with Crippen molar-refractivity contribution >= 4 is 35.6 Å². The van der Waals surface area contributed by atoms with Gasteiger partial charge in [0.25, 0.3) is 0 Å². The summed E-state index contributed by atoms with van der Waals surface area (Å²) in [5, 5.41) is 3.08. The van der Waals surface area contributed by atoms with Crippen LogP contribution in [-0.4, -0.2) is 25.2 Å². The molecule has 0 aliphatic rings. The van der Waals surface area contributed by atoms with E-state index in [2.05, 4.69) is 30.2 Å². The predicted molar refractivity (Wildman–Crippen MR) is 92.5 cm³/mol. The fourth-order valence-electron chi connectivity index (χ4n) is 1.69. The highest BCUT2D eigenvalue weighted by atomic mass is 127. The molecule has 4 nitrogen and oxygen atoms in total. The van der Waals surface area contributed by atoms with Crippen molar-refractivity contribution in [2.45, 2.75) is 33.8 Å². The molecule has 0 unspecified atom stereocenters. The van der Waals surface area contributed by atoms with Crippen LogP contribution in [0.4, 0.5) is 5.69 Å². The summed E-state index contributed by atoms with van der Waals surface area (Å²) in [4.78, 5) is 4.21. The Morgan fingerprint density at radius 2 is 1.84 bits per heavy atom. The summed E-state index contributed by atoms with van der Waals surface area (Å²) in [7, 11) is 0. The second-order valence-electron chi connectivity index (χ2n) is 4.69. The number of rotatable bonds is 5. The smallest absolute Gasteiger partial charge is 0.193 e. The lowest BCUT2D eigenvalue weighted by Crippen LogP contribution is -2.23. The molecule has 1 aromatic rings. The number of nitrogens with zero attached hydrogens (tertiary/aromatic N) is 1. The Balaban J connectivity index is 0.00000324. The number of ether oxygens (including phenoxy) is 1. The van der Waals surface area contributed by atoms with Gasteiger partial charge in [0.1, 0.15) is 0 Å². The van der Waals surface area contributed by atoms with E-state index in [9.17, 15) is 0 Å². The lowest BCUT2D eigenvalue weighted by atomic mass is 10.1. The number of aliphatic imine (C=N–C) groups is 1. The molecule has 108 valence electrons. The number of nitrogens with one attached hydrogen (secondary N) is 1. The fraction of sp³-hybridized carbons (Fsp3) is 0.500. The molecule has 0 bridgehead atoms. The topological polar surface area (TPSA) is 59.6 Å². The first-order valence-electron chi connectivity index (χ1n) is 6.24. The number of benzene rings is 1. The second kappa shape index (κ2) is 9.14. The molecule has 0 aliphatic heterocycles. The predicted octanol–water partition coefficient (Wildman–Crippen LogP) is 3.07. The molecular weight excluding hydrogens is 353 g/mol. The number of hydrogen-bond donors (Lipinski definition) is 2. The van der Waals surface area contributed by atoms with Gasteiger partial charge < -0.3 is 15.8 Å². The highest BCUT2D eigenvalue weighted by Crippen LogP contribution is 2.13. The Bertz CT molecular complexity index is 399. The maximum atomic E-state index is 5.81. The minimum absolute atomic E-state index is 0. The molecule has 0 radical (unpaired) electrons. The molecule has 3 N–H and O–H groups in total. The number of halogens is 1. The quantitative estimate of drug-likeness (QED) is 0.359. The molecule has 0 saturated heterocycles. The van der Waals surface area contributed by atoms with Gasteiger partial charge in [-0.15, -0.1) is 24.0 Å². The largest absolute Gasteiger partial charge is 0.377 e. The van der Waals surface area contributed by atoms with Crippen LogP contribution in [0.5, 0.6) is 0 Å². The first-order chi connectivity index (χ1) is 8.47. The highest BCUT2D eigenvalue weighted by molar-refractivity contribution is 14.0. The Kier molecular flexibility index (Phi) is 8.75. The second-order valence-corrected chi connectivity index (χ2v) is 4.69. The normalized spacial score (nSPS) is 11.3. The zero-order chi connectivity index (χ0) is 13.5. The number of nitrogens with two attached hydrogens (primary N) is 1. The maximum absolute atomic E-state index is 5.81. The van der Waals surface area contributed by atoms with Crippen LogP contribution in [0.3, 0.4) is 0 Å². The Labute approximate surface area is 132 Å². The van der Waals surface area contributed by atoms with Gasteiger partial charge in [-0.1, -0.05) is 6.07 Å². The average Bonchev–Trinajstić information content (AvgIpc) is 2.22. The van der Waals surface area contributed by atoms with Gasteiger partial charge in [0, 0.05) is 5.69 Å². The molecule has 19 heavy (non-hydrogen) atoms. The fourth-order valence-corrected chi connectivity index (χ4v) is 1.69. The van der Waals surface area contributed by atoms with Crippen LogP contribution in [-0.2, 0) is 4.74 Å². The lowest BCUT2D eigenvalue weighted by Gasteiger charge is -2.09. The summed E-state index contributed by atoms with van der Waals surface area (Å²) in [5.74, 6) is 0.423. The average molecular weight is 377 g/mol. The third-order valence-corrected chi connectivity index (χ3v) is 2.32. The number of anilines is 1. The van der Waals surface area contributed by atoms with Gasteiger partial charge >= 0.3 is 0 Å². The van der Waals surface area contributed by atoms with E-state index >= 15 is 0 Å². The van der Waals surface area contributed by atoms with Crippen molar-refractivity contribution in [3.05, 3.63) is 29.3 Å². The molecule has 0 aromatic heterocycles. The number of hydrogen-bond acceptors (Lipinski definition) is 2. The Hall–Kier alpha value is -0.820. The minimum atomic E-state index is 0. The summed E-state index contributed by atoms with van der Waals surface area (Å²) >= 11 is 0. The van der Waals surface area contributed by atoms with E-state index in [1.165, 1.54) is 11.1 Å². The molecule has 0 spiro atoms. The van der Waals surface area contributed by atoms with E-state index in [4.69, 9.17) is 10.5 Å². The van der Waals surface area contributed by atoms with Gasteiger partial charge in [-0.2, -0.15) is 0 Å². The summed E-state index contributed by atoms with van der Waals surface area (Å²) in [5.41, 5.74) is 9.18. The van der Waals surface area contributed by atoms with Crippen molar-refractivity contribution in [2.24, 2.45) is 10.7 Å². The molecule has 0 amide bonds. The molecule has 0 fully saturated rings. The molecular formula is C14H24IN3O. The van der Waals surface area contributed by atoms with Gasteiger partial charge in [-0.25, -0.2) is 0 Å². The minimum Gasteiger partial charge on any atom is -0.377 e. The van der Waals surface area contributed by atoms with Crippen molar-refractivity contribution in [3.63, 3.8) is 0 Å². The van der Waals surface area contributed by atoms with Crippen molar-refractivity contribution in [1.82, 2.24) is 0 Å². The van der Waals surface area contributed by atoms with Crippen molar-refractivity contribution in [2.75, 3.05) is 18.5 Å². The molecule has 0 heterocycles. The summed E-state index contributed by atoms with van der Waals surface area (Å²) in [6, 6.07) is 6.20. The maximum Gasteiger partial charge on any atom is 0.193 e. The number of aryl methyl sites for hydroxylation is 2. The SMILES string of the molecule is Cc1cc(C)cc(NC(N)=NCCOC(C)C)c1.I. The van der Waals surface area contributed by atoms with Gasteiger partial charge in [0.2, 0.25) is 0 Å². The van der Waals surface area contributed by atoms with Crippen LogP contribution < -0.4 is 11.1 Å². The zero-order valence-electron chi connectivity index (χ0n) is 12.1. The summed E-state index contributed by atoms with van der Waals surface area (Å²) < 4.78 is 5.39. The highest BCUT2D eigenvalue weighted by Gasteiger charge is 1.98. The Morgan fingerprint density at radius 1 is 1.26 bits per heavy atom. The van der Waals surface area contributed by atoms with Crippen molar-refractivity contribution < 1.29 is 4.74 Å². The van der Waals surface area contributed by atoms with Crippen molar-refractivity contribution in [3.8, 4) is 0 Å². The summed E-state index contributed by atoms with van der Waals surface area (Å²) in [6.45, 7) is 9.28. The van der Waals surface area contributed by atoms with E-state index < -0.39 is 0 Å². The van der Waals surface area contributed by atoms with E-state index in [0.717, 1.165) is 5.69 Å². The first-order valence-corrected chi connectivity index (χ1v) is 6.24. The monoisotopic (exact) mass is 377 g/mol. The lowest BCUT2D eigenvalue weighted by molar-refractivity contribution is 0.0853. The molecule has 0 saturated carbocycles.